The smallest absolute Gasteiger partial charge is 0.488 e. The first kappa shape index (κ1) is 22.6. The van der Waals surface area contributed by atoms with Gasteiger partial charge in [-0.2, -0.15) is 11.8 Å². The van der Waals surface area contributed by atoms with Crippen LogP contribution in [0.4, 0.5) is 0 Å². The maximum atomic E-state index is 9.30. The van der Waals surface area contributed by atoms with Crippen molar-refractivity contribution in [3.63, 3.8) is 0 Å². The first-order valence-electron chi connectivity index (χ1n) is 8.03. The Hall–Kier alpha value is -1.43. The van der Waals surface area contributed by atoms with Crippen molar-refractivity contribution in [1.82, 2.24) is 0 Å². The fraction of sp³-hybridized carbons (Fsp3) is 0.368. The third-order valence-electron chi connectivity index (χ3n) is 3.07. The summed E-state index contributed by atoms with van der Waals surface area (Å²) in [5.74, 6) is 0.739. The summed E-state index contributed by atoms with van der Waals surface area (Å²) < 4.78 is 5.73. The molecule has 132 valence electrons. The van der Waals surface area contributed by atoms with Crippen LogP contribution in [0, 0.1) is 13.8 Å². The van der Waals surface area contributed by atoms with E-state index in [4.69, 9.17) is 4.74 Å². The van der Waals surface area contributed by atoms with Crippen molar-refractivity contribution in [3.05, 3.63) is 59.2 Å². The second-order valence-electron chi connectivity index (χ2n) is 5.03. The number of ether oxygens (including phenoxy) is 1. The Morgan fingerprint density at radius 3 is 1.83 bits per heavy atom. The number of thioether (sulfide) groups is 1. The van der Waals surface area contributed by atoms with Gasteiger partial charge in [-0.25, -0.2) is 0 Å². The summed E-state index contributed by atoms with van der Waals surface area (Å²) in [6.07, 6.45) is 4.08. The molecule has 0 bridgehead atoms. The minimum atomic E-state index is -1.44. The van der Waals surface area contributed by atoms with E-state index >= 15 is 0 Å². The summed E-state index contributed by atoms with van der Waals surface area (Å²) in [6.45, 7) is 8.19. The molecule has 0 amide bonds. The topological polar surface area (TPSA) is 49.7 Å². The van der Waals surface area contributed by atoms with Crippen LogP contribution < -0.4 is 10.2 Å². The maximum Gasteiger partial charge on any atom is 0.488 e. The van der Waals surface area contributed by atoms with Gasteiger partial charge in [0.2, 0.25) is 0 Å². The van der Waals surface area contributed by atoms with Gasteiger partial charge in [-0.15, -0.1) is 0 Å². The molecule has 0 radical (unpaired) electrons. The molecule has 2 aromatic rings. The zero-order chi connectivity index (χ0) is 18.5. The maximum absolute atomic E-state index is 9.30. The first-order chi connectivity index (χ1) is 11.5. The molecule has 0 heterocycles. The number of aryl methyl sites for hydroxylation is 2. The van der Waals surface area contributed by atoms with Crippen molar-refractivity contribution < 1.29 is 14.8 Å². The quantitative estimate of drug-likeness (QED) is 0.830. The summed E-state index contributed by atoms with van der Waals surface area (Å²) in [6, 6.07) is 13.6. The highest BCUT2D eigenvalue weighted by atomic mass is 32.2. The highest BCUT2D eigenvalue weighted by Gasteiger charge is 2.17. The van der Waals surface area contributed by atoms with Crippen molar-refractivity contribution >= 4 is 24.3 Å². The van der Waals surface area contributed by atoms with Gasteiger partial charge in [0, 0.05) is 0 Å². The van der Waals surface area contributed by atoms with Gasteiger partial charge in [0.05, 0.1) is 0 Å². The molecule has 0 aliphatic carbocycles. The van der Waals surface area contributed by atoms with Crippen LogP contribution in [0.1, 0.15) is 30.5 Å². The van der Waals surface area contributed by atoms with E-state index in [0.29, 0.717) is 12.1 Å². The Kier molecular flexibility index (Phi) is 12.2. The van der Waals surface area contributed by atoms with Crippen molar-refractivity contribution in [1.29, 1.82) is 0 Å². The number of hydrogen-bond acceptors (Lipinski definition) is 4. The van der Waals surface area contributed by atoms with E-state index in [1.165, 1.54) is 0 Å². The summed E-state index contributed by atoms with van der Waals surface area (Å²) in [7, 11) is -1.44. The number of benzene rings is 2. The van der Waals surface area contributed by atoms with Gasteiger partial charge in [-0.1, -0.05) is 44.2 Å². The highest BCUT2D eigenvalue weighted by molar-refractivity contribution is 7.97. The van der Waals surface area contributed by atoms with Crippen LogP contribution >= 0.6 is 11.8 Å². The van der Waals surface area contributed by atoms with Crippen LogP contribution in [0.2, 0.25) is 0 Å². The van der Waals surface area contributed by atoms with Crippen LogP contribution in [0.15, 0.2) is 42.5 Å². The van der Waals surface area contributed by atoms with Gasteiger partial charge in [-0.05, 0) is 60.6 Å². The molecular formula is C19H29BO3S. The van der Waals surface area contributed by atoms with E-state index in [0.717, 1.165) is 22.4 Å². The lowest BCUT2D eigenvalue weighted by molar-refractivity contribution is 0.306. The van der Waals surface area contributed by atoms with Crippen LogP contribution in [-0.4, -0.2) is 29.7 Å². The van der Waals surface area contributed by atoms with Gasteiger partial charge >= 0.3 is 7.12 Å². The van der Waals surface area contributed by atoms with E-state index in [2.05, 4.69) is 0 Å². The average Bonchev–Trinajstić information content (AvgIpc) is 2.55. The first-order valence-corrected chi connectivity index (χ1v) is 9.67. The fourth-order valence-corrected chi connectivity index (χ4v) is 2.17. The molecule has 0 aliphatic rings. The lowest BCUT2D eigenvalue weighted by atomic mass is 9.74. The lowest BCUT2D eigenvalue weighted by Crippen LogP contribution is -2.34. The van der Waals surface area contributed by atoms with E-state index in [9.17, 15) is 10.0 Å². The molecule has 2 aromatic carbocycles. The molecule has 5 heteroatoms. The molecule has 0 aromatic heterocycles. The third-order valence-corrected chi connectivity index (χ3v) is 3.07. The molecule has 0 fully saturated rings. The standard InChI is InChI=1S/C15H17BO3.C2H6S.C2H6/c1-11-8-14(9-12(2)15(11)16(17)18)19-10-13-6-4-3-5-7-13;1-3-2;1-2/h3-9,17-18H,10H2,1-2H3;1-2H3;1-2H3. The molecule has 0 unspecified atom stereocenters. The molecule has 0 saturated carbocycles. The molecule has 0 spiro atoms. The van der Waals surface area contributed by atoms with Crippen LogP contribution in [-0.2, 0) is 6.61 Å². The molecular weight excluding hydrogens is 319 g/mol. The van der Waals surface area contributed by atoms with Gasteiger partial charge < -0.3 is 14.8 Å². The van der Waals surface area contributed by atoms with E-state index in [1.807, 2.05) is 82.7 Å². The lowest BCUT2D eigenvalue weighted by Gasteiger charge is -2.13. The van der Waals surface area contributed by atoms with Gasteiger partial charge in [0.25, 0.3) is 0 Å². The third kappa shape index (κ3) is 7.91. The van der Waals surface area contributed by atoms with Gasteiger partial charge in [0.15, 0.2) is 0 Å². The summed E-state index contributed by atoms with van der Waals surface area (Å²) in [4.78, 5) is 0. The Balaban J connectivity index is 0.000000952. The van der Waals surface area contributed by atoms with Crippen molar-refractivity contribution in [2.75, 3.05) is 12.5 Å². The second-order valence-corrected chi connectivity index (χ2v) is 5.84. The molecule has 2 rings (SSSR count). The molecule has 0 atom stereocenters. The zero-order valence-corrected chi connectivity index (χ0v) is 16.4. The Labute approximate surface area is 151 Å². The Morgan fingerprint density at radius 2 is 1.42 bits per heavy atom. The SMILES string of the molecule is CC.CSC.Cc1cc(OCc2ccccc2)cc(C)c1B(O)O. The van der Waals surface area contributed by atoms with Crippen LogP contribution in [0.5, 0.6) is 5.75 Å². The van der Waals surface area contributed by atoms with Crippen LogP contribution in [0.3, 0.4) is 0 Å². The normalized spacial score (nSPS) is 9.17. The number of rotatable bonds is 4. The largest absolute Gasteiger partial charge is 0.489 e. The monoisotopic (exact) mass is 348 g/mol. The number of hydrogen-bond donors (Lipinski definition) is 2. The van der Waals surface area contributed by atoms with E-state index < -0.39 is 7.12 Å². The molecule has 3 nitrogen and oxygen atoms in total. The molecule has 2 N–H and O–H groups in total. The average molecular weight is 348 g/mol. The van der Waals surface area contributed by atoms with Crippen molar-refractivity contribution in [2.24, 2.45) is 0 Å². The van der Waals surface area contributed by atoms with E-state index in [1.54, 1.807) is 11.8 Å². The molecule has 0 saturated heterocycles. The van der Waals surface area contributed by atoms with E-state index in [-0.39, 0.29) is 0 Å². The van der Waals surface area contributed by atoms with Crippen molar-refractivity contribution in [2.45, 2.75) is 34.3 Å². The minimum absolute atomic E-state index is 0.501. The predicted molar refractivity (Wildman–Crippen MR) is 107 cm³/mol. The Morgan fingerprint density at radius 1 is 0.958 bits per heavy atom. The van der Waals surface area contributed by atoms with Gasteiger partial charge in [0.1, 0.15) is 12.4 Å². The molecule has 0 aliphatic heterocycles. The minimum Gasteiger partial charge on any atom is -0.489 e. The summed E-state index contributed by atoms with van der Waals surface area (Å²) in [5.41, 5.74) is 3.28. The van der Waals surface area contributed by atoms with Crippen molar-refractivity contribution in [3.8, 4) is 5.75 Å². The summed E-state index contributed by atoms with van der Waals surface area (Å²) in [5, 5.41) is 18.6. The van der Waals surface area contributed by atoms with Gasteiger partial charge in [-0.3, -0.25) is 0 Å². The molecule has 24 heavy (non-hydrogen) atoms. The predicted octanol–water partition coefficient (Wildman–Crippen LogP) is 3.57. The second kappa shape index (κ2) is 12.9. The zero-order valence-electron chi connectivity index (χ0n) is 15.5. The van der Waals surface area contributed by atoms with Crippen LogP contribution in [0.25, 0.3) is 0 Å². The fourth-order valence-electron chi connectivity index (χ4n) is 2.17. The summed E-state index contributed by atoms with van der Waals surface area (Å²) >= 11 is 1.75. The highest BCUT2D eigenvalue weighted by Crippen LogP contribution is 2.16. The Bertz CT molecular complexity index is 551.